The second-order valence-electron chi connectivity index (χ2n) is 6.69. The summed E-state index contributed by atoms with van der Waals surface area (Å²) < 4.78 is 1.66. The van der Waals surface area contributed by atoms with Crippen molar-refractivity contribution >= 4 is 28.5 Å². The molecule has 0 unspecified atom stereocenters. The van der Waals surface area contributed by atoms with Crippen molar-refractivity contribution in [2.24, 2.45) is 0 Å². The lowest BCUT2D eigenvalue weighted by molar-refractivity contribution is -0.255. The van der Waals surface area contributed by atoms with E-state index < -0.39 is 5.97 Å². The number of hydrogen-bond donors (Lipinski definition) is 0. The number of hydrogen-bond acceptors (Lipinski definition) is 4. The summed E-state index contributed by atoms with van der Waals surface area (Å²) in [6, 6.07) is 10.5. The fourth-order valence-electron chi connectivity index (χ4n) is 3.46. The zero-order valence-electron chi connectivity index (χ0n) is 14.6. The van der Waals surface area contributed by atoms with Gasteiger partial charge in [0.15, 0.2) is 0 Å². The number of aryl methyl sites for hydroxylation is 2. The minimum absolute atomic E-state index is 0.0206. The number of aromatic carboxylic acids is 1. The minimum atomic E-state index is -1.28. The van der Waals surface area contributed by atoms with Gasteiger partial charge < -0.3 is 9.90 Å². The Hall–Kier alpha value is -3.21. The summed E-state index contributed by atoms with van der Waals surface area (Å²) in [6.45, 7) is 4.69. The molecule has 0 amide bonds. The van der Waals surface area contributed by atoms with E-state index in [0.29, 0.717) is 23.3 Å². The number of nitrogens with zero attached hydrogens (tertiary/aromatic N) is 2. The molecule has 5 nitrogen and oxygen atoms in total. The van der Waals surface area contributed by atoms with E-state index >= 15 is 0 Å². The summed E-state index contributed by atoms with van der Waals surface area (Å²) in [5, 5.41) is 11.5. The summed E-state index contributed by atoms with van der Waals surface area (Å²) in [5.41, 5.74) is 4.71. The summed E-state index contributed by atoms with van der Waals surface area (Å²) >= 11 is 0. The van der Waals surface area contributed by atoms with E-state index in [1.165, 1.54) is 29.3 Å². The Labute approximate surface area is 150 Å². The van der Waals surface area contributed by atoms with Gasteiger partial charge in [-0.3, -0.25) is 9.36 Å². The molecule has 5 heteroatoms. The molecule has 0 radical (unpaired) electrons. The molecule has 0 spiro atoms. The third kappa shape index (κ3) is 2.62. The second kappa shape index (κ2) is 5.95. The standard InChI is InChI=1S/C21H18N2O3/c1-12-3-4-14(13(2)9-12)10-15-7-8-23-19(15)22-18-11-16(21(25)26)5-6-17(18)20(23)24/h3-6,9-11H,7-8H2,1-2H3,(H,25,26)/p-1/b15-10+. The van der Waals surface area contributed by atoms with Crippen LogP contribution in [0, 0.1) is 13.8 Å². The van der Waals surface area contributed by atoms with Crippen molar-refractivity contribution in [3.8, 4) is 0 Å². The molecule has 2 aromatic carbocycles. The number of rotatable bonds is 2. The SMILES string of the molecule is Cc1ccc(/C=C2\CCn3c2nc2cc(C(=O)[O-])ccc2c3=O)c(C)c1. The van der Waals surface area contributed by atoms with Gasteiger partial charge in [0.25, 0.3) is 5.56 Å². The molecule has 1 aromatic heterocycles. The smallest absolute Gasteiger partial charge is 0.261 e. The maximum Gasteiger partial charge on any atom is 0.261 e. The predicted molar refractivity (Wildman–Crippen MR) is 98.7 cm³/mol. The van der Waals surface area contributed by atoms with E-state index in [1.807, 2.05) is 0 Å². The lowest BCUT2D eigenvalue weighted by Gasteiger charge is -2.08. The van der Waals surface area contributed by atoms with Crippen LogP contribution < -0.4 is 10.7 Å². The van der Waals surface area contributed by atoms with E-state index in [-0.39, 0.29) is 11.1 Å². The molecular weight excluding hydrogens is 328 g/mol. The van der Waals surface area contributed by atoms with Crippen LogP contribution in [0.4, 0.5) is 0 Å². The van der Waals surface area contributed by atoms with Crippen LogP contribution in [0.15, 0.2) is 41.2 Å². The summed E-state index contributed by atoms with van der Waals surface area (Å²) in [6.07, 6.45) is 2.79. The Balaban J connectivity index is 1.90. The maximum atomic E-state index is 12.7. The summed E-state index contributed by atoms with van der Waals surface area (Å²) in [4.78, 5) is 28.4. The van der Waals surface area contributed by atoms with Crippen LogP contribution in [-0.4, -0.2) is 15.5 Å². The normalized spacial score (nSPS) is 14.8. The first-order chi connectivity index (χ1) is 12.4. The van der Waals surface area contributed by atoms with Crippen molar-refractivity contribution in [1.82, 2.24) is 9.55 Å². The first kappa shape index (κ1) is 16.3. The molecule has 4 rings (SSSR count). The van der Waals surface area contributed by atoms with Gasteiger partial charge in [0, 0.05) is 6.54 Å². The van der Waals surface area contributed by atoms with E-state index in [1.54, 1.807) is 4.57 Å². The largest absolute Gasteiger partial charge is 0.545 e. The van der Waals surface area contributed by atoms with Gasteiger partial charge in [-0.05, 0) is 60.7 Å². The summed E-state index contributed by atoms with van der Waals surface area (Å²) in [5.74, 6) is -0.668. The molecule has 1 aliphatic rings. The highest BCUT2D eigenvalue weighted by Gasteiger charge is 2.21. The number of aromatic nitrogens is 2. The molecular formula is C21H17N2O3-. The van der Waals surface area contributed by atoms with Gasteiger partial charge in [0.05, 0.1) is 16.9 Å². The van der Waals surface area contributed by atoms with Gasteiger partial charge in [-0.15, -0.1) is 0 Å². The van der Waals surface area contributed by atoms with Crippen LogP contribution in [0.25, 0.3) is 22.6 Å². The Kier molecular flexibility index (Phi) is 3.72. The molecule has 0 saturated carbocycles. The Morgan fingerprint density at radius 3 is 2.73 bits per heavy atom. The topological polar surface area (TPSA) is 75.0 Å². The van der Waals surface area contributed by atoms with Gasteiger partial charge in [0.2, 0.25) is 0 Å². The van der Waals surface area contributed by atoms with E-state index in [2.05, 4.69) is 43.1 Å². The molecule has 0 fully saturated rings. The number of carboxylic acids is 1. The number of carbonyl (C=O) groups is 1. The zero-order chi connectivity index (χ0) is 18.4. The van der Waals surface area contributed by atoms with Gasteiger partial charge >= 0.3 is 0 Å². The van der Waals surface area contributed by atoms with Gasteiger partial charge in [0.1, 0.15) is 5.82 Å². The molecule has 0 N–H and O–H groups in total. The first-order valence-corrected chi connectivity index (χ1v) is 8.48. The maximum absolute atomic E-state index is 12.7. The molecule has 1 aliphatic heterocycles. The van der Waals surface area contributed by atoms with Gasteiger partial charge in [-0.2, -0.15) is 0 Å². The highest BCUT2D eigenvalue weighted by molar-refractivity contribution is 5.92. The Morgan fingerprint density at radius 2 is 2.00 bits per heavy atom. The van der Waals surface area contributed by atoms with Crippen molar-refractivity contribution in [2.45, 2.75) is 26.8 Å². The number of fused-ring (bicyclic) bond motifs is 2. The minimum Gasteiger partial charge on any atom is -0.545 e. The molecule has 0 saturated heterocycles. The predicted octanol–water partition coefficient (Wildman–Crippen LogP) is 2.32. The van der Waals surface area contributed by atoms with Gasteiger partial charge in [-0.25, -0.2) is 4.98 Å². The monoisotopic (exact) mass is 345 g/mol. The van der Waals surface area contributed by atoms with Crippen LogP contribution in [-0.2, 0) is 6.54 Å². The number of benzene rings is 2. The van der Waals surface area contributed by atoms with Crippen molar-refractivity contribution in [3.63, 3.8) is 0 Å². The zero-order valence-corrected chi connectivity index (χ0v) is 14.6. The molecule has 0 aliphatic carbocycles. The van der Waals surface area contributed by atoms with Crippen LogP contribution in [0.5, 0.6) is 0 Å². The van der Waals surface area contributed by atoms with Gasteiger partial charge in [-0.1, -0.05) is 29.8 Å². The summed E-state index contributed by atoms with van der Waals surface area (Å²) in [7, 11) is 0. The average Bonchev–Trinajstić information content (AvgIpc) is 3.00. The van der Waals surface area contributed by atoms with Crippen molar-refractivity contribution in [3.05, 3.63) is 74.8 Å². The third-order valence-corrected chi connectivity index (χ3v) is 4.84. The first-order valence-electron chi connectivity index (χ1n) is 8.48. The van der Waals surface area contributed by atoms with Crippen molar-refractivity contribution in [1.29, 1.82) is 0 Å². The van der Waals surface area contributed by atoms with Crippen molar-refractivity contribution in [2.75, 3.05) is 0 Å². The van der Waals surface area contributed by atoms with E-state index in [9.17, 15) is 14.7 Å². The molecule has 2 heterocycles. The van der Waals surface area contributed by atoms with Crippen LogP contribution in [0.2, 0.25) is 0 Å². The molecule has 0 atom stereocenters. The highest BCUT2D eigenvalue weighted by Crippen LogP contribution is 2.28. The fraction of sp³-hybridized carbons (Fsp3) is 0.190. The fourth-order valence-corrected chi connectivity index (χ4v) is 3.46. The quantitative estimate of drug-likeness (QED) is 0.714. The number of carbonyl (C=O) groups excluding carboxylic acids is 1. The number of allylic oxidation sites excluding steroid dienone is 1. The Bertz CT molecular complexity index is 1160. The van der Waals surface area contributed by atoms with Crippen molar-refractivity contribution < 1.29 is 9.90 Å². The van der Waals surface area contributed by atoms with E-state index in [0.717, 1.165) is 17.6 Å². The highest BCUT2D eigenvalue weighted by atomic mass is 16.4. The Morgan fingerprint density at radius 1 is 1.19 bits per heavy atom. The molecule has 26 heavy (non-hydrogen) atoms. The van der Waals surface area contributed by atoms with Crippen LogP contribution in [0.1, 0.15) is 39.3 Å². The molecule has 130 valence electrons. The van der Waals surface area contributed by atoms with Crippen LogP contribution in [0.3, 0.4) is 0 Å². The average molecular weight is 345 g/mol. The lowest BCUT2D eigenvalue weighted by Crippen LogP contribution is -2.23. The number of carboxylic acid groups (broad SMARTS) is 1. The molecule has 0 bridgehead atoms. The van der Waals surface area contributed by atoms with E-state index in [4.69, 9.17) is 0 Å². The second-order valence-corrected chi connectivity index (χ2v) is 6.69. The lowest BCUT2D eigenvalue weighted by atomic mass is 10.0. The van der Waals surface area contributed by atoms with Crippen LogP contribution >= 0.6 is 0 Å². The third-order valence-electron chi connectivity index (χ3n) is 4.84. The molecule has 3 aromatic rings.